The predicted molar refractivity (Wildman–Crippen MR) is 45.1 cm³/mol. The molecule has 0 saturated carbocycles. The van der Waals surface area contributed by atoms with Gasteiger partial charge in [-0.05, 0) is 6.07 Å². The zero-order valence-electron chi connectivity index (χ0n) is 6.75. The van der Waals surface area contributed by atoms with E-state index in [1.165, 1.54) is 25.4 Å². The van der Waals surface area contributed by atoms with Crippen LogP contribution in [-0.4, -0.2) is 17.0 Å². The van der Waals surface area contributed by atoms with Crippen molar-refractivity contribution < 1.29 is 4.92 Å². The predicted octanol–water partition coefficient (Wildman–Crippen LogP) is 1.11. The first-order valence-corrected chi connectivity index (χ1v) is 3.33. The summed E-state index contributed by atoms with van der Waals surface area (Å²) in [6.07, 6.45) is 1.35. The van der Waals surface area contributed by atoms with Crippen LogP contribution in [0.25, 0.3) is 0 Å². The first-order chi connectivity index (χ1) is 6.16. The van der Waals surface area contributed by atoms with E-state index in [1.807, 2.05) is 0 Å². The van der Waals surface area contributed by atoms with Gasteiger partial charge < -0.3 is 0 Å². The van der Waals surface area contributed by atoms with Crippen LogP contribution in [0.3, 0.4) is 0 Å². The number of pyridine rings is 1. The molecule has 0 aromatic carbocycles. The van der Waals surface area contributed by atoms with Crippen molar-refractivity contribution in [1.82, 2.24) is 4.98 Å². The van der Waals surface area contributed by atoms with E-state index in [0.717, 1.165) is 5.01 Å². The van der Waals surface area contributed by atoms with Crippen LogP contribution in [0, 0.1) is 15.0 Å². The van der Waals surface area contributed by atoms with Gasteiger partial charge in [-0.15, -0.1) is 4.91 Å². The zero-order chi connectivity index (χ0) is 9.84. The molecule has 13 heavy (non-hydrogen) atoms. The third-order valence-corrected chi connectivity index (χ3v) is 1.39. The number of hydrogen-bond acceptors (Lipinski definition) is 5. The molecule has 0 aliphatic carbocycles. The molecule has 1 rings (SSSR count). The van der Waals surface area contributed by atoms with Crippen molar-refractivity contribution in [2.45, 2.75) is 0 Å². The molecule has 0 saturated heterocycles. The summed E-state index contributed by atoms with van der Waals surface area (Å²) in [4.78, 5) is 23.6. The molecule has 1 aromatic heterocycles. The monoisotopic (exact) mass is 182 g/mol. The highest BCUT2D eigenvalue weighted by molar-refractivity contribution is 5.55. The standard InChI is InChI=1S/C6H6N4O3/c1-9(8-11)6-5(10(12)13)3-2-4-7-6/h2-4H,1H3. The molecular formula is C6H6N4O3. The van der Waals surface area contributed by atoms with Gasteiger partial charge in [0.25, 0.3) is 0 Å². The highest BCUT2D eigenvalue weighted by Gasteiger charge is 2.17. The molecule has 68 valence electrons. The van der Waals surface area contributed by atoms with Gasteiger partial charge in [0.2, 0.25) is 5.82 Å². The van der Waals surface area contributed by atoms with Crippen molar-refractivity contribution in [3.8, 4) is 0 Å². The Labute approximate surface area is 73.1 Å². The fraction of sp³-hybridized carbons (Fsp3) is 0.167. The molecule has 0 atom stereocenters. The lowest BCUT2D eigenvalue weighted by molar-refractivity contribution is -0.384. The minimum Gasteiger partial charge on any atom is -0.258 e. The van der Waals surface area contributed by atoms with E-state index < -0.39 is 4.92 Å². The van der Waals surface area contributed by atoms with Crippen molar-refractivity contribution >= 4 is 11.5 Å². The first kappa shape index (κ1) is 9.04. The van der Waals surface area contributed by atoms with Crippen LogP contribution < -0.4 is 5.01 Å². The van der Waals surface area contributed by atoms with Gasteiger partial charge in [0, 0.05) is 19.3 Å². The second-order valence-electron chi connectivity index (χ2n) is 2.21. The largest absolute Gasteiger partial charge is 0.313 e. The summed E-state index contributed by atoms with van der Waals surface area (Å²) < 4.78 is 0. The van der Waals surface area contributed by atoms with Gasteiger partial charge in [0.05, 0.1) is 10.2 Å². The summed E-state index contributed by atoms with van der Waals surface area (Å²) in [6.45, 7) is 0. The van der Waals surface area contributed by atoms with Crippen molar-refractivity contribution in [2.24, 2.45) is 5.29 Å². The Morgan fingerprint density at radius 2 is 2.38 bits per heavy atom. The van der Waals surface area contributed by atoms with Gasteiger partial charge in [0.15, 0.2) is 0 Å². The quantitative estimate of drug-likeness (QED) is 0.396. The number of aromatic nitrogens is 1. The minimum atomic E-state index is -0.621. The van der Waals surface area contributed by atoms with Gasteiger partial charge in [-0.3, -0.25) is 10.1 Å². The van der Waals surface area contributed by atoms with Crippen molar-refractivity contribution in [1.29, 1.82) is 0 Å². The second kappa shape index (κ2) is 3.57. The third-order valence-electron chi connectivity index (χ3n) is 1.39. The molecule has 0 unspecified atom stereocenters. The van der Waals surface area contributed by atoms with E-state index in [0.29, 0.717) is 0 Å². The van der Waals surface area contributed by atoms with Crippen LogP contribution in [0.15, 0.2) is 23.6 Å². The highest BCUT2D eigenvalue weighted by atomic mass is 16.6. The molecule has 7 heteroatoms. The Kier molecular flexibility index (Phi) is 2.48. The Morgan fingerprint density at radius 3 is 2.92 bits per heavy atom. The Hall–Kier alpha value is -2.05. The molecule has 0 bridgehead atoms. The number of nitro groups is 1. The lowest BCUT2D eigenvalue weighted by Crippen LogP contribution is -2.10. The Balaban J connectivity index is 3.19. The van der Waals surface area contributed by atoms with Crippen molar-refractivity contribution in [2.75, 3.05) is 12.1 Å². The molecular weight excluding hydrogens is 176 g/mol. The molecule has 1 aromatic rings. The Bertz CT molecular complexity index is 340. The fourth-order valence-electron chi connectivity index (χ4n) is 0.819. The maximum absolute atomic E-state index is 10.4. The summed E-state index contributed by atoms with van der Waals surface area (Å²) in [5.41, 5.74) is -0.246. The number of hydrogen-bond donors (Lipinski definition) is 0. The lowest BCUT2D eigenvalue weighted by atomic mass is 10.4. The molecule has 0 aliphatic heterocycles. The van der Waals surface area contributed by atoms with Crippen LogP contribution in [0.1, 0.15) is 0 Å². The molecule has 1 heterocycles. The fourth-order valence-corrected chi connectivity index (χ4v) is 0.819. The van der Waals surface area contributed by atoms with Crippen molar-refractivity contribution in [3.05, 3.63) is 33.4 Å². The zero-order valence-corrected chi connectivity index (χ0v) is 6.75. The molecule has 0 aliphatic rings. The summed E-state index contributed by atoms with van der Waals surface area (Å²) in [7, 11) is 1.29. The summed E-state index contributed by atoms with van der Waals surface area (Å²) in [6, 6.07) is 2.67. The molecule has 0 fully saturated rings. The molecule has 0 radical (unpaired) electrons. The van der Waals surface area contributed by atoms with E-state index in [-0.39, 0.29) is 11.5 Å². The maximum atomic E-state index is 10.4. The van der Waals surface area contributed by atoms with E-state index in [4.69, 9.17) is 0 Å². The molecule has 7 nitrogen and oxygen atoms in total. The average molecular weight is 182 g/mol. The van der Waals surface area contributed by atoms with E-state index in [1.54, 1.807) is 0 Å². The summed E-state index contributed by atoms with van der Waals surface area (Å²) >= 11 is 0. The van der Waals surface area contributed by atoms with Crippen LogP contribution >= 0.6 is 0 Å². The van der Waals surface area contributed by atoms with Gasteiger partial charge in [-0.1, -0.05) is 0 Å². The summed E-state index contributed by atoms with van der Waals surface area (Å²) in [5, 5.41) is 13.8. The van der Waals surface area contributed by atoms with Gasteiger partial charge in [0.1, 0.15) is 0 Å². The molecule has 0 N–H and O–H groups in total. The second-order valence-corrected chi connectivity index (χ2v) is 2.21. The number of nitrogens with zero attached hydrogens (tertiary/aromatic N) is 4. The van der Waals surface area contributed by atoms with Gasteiger partial charge in [-0.2, -0.15) is 0 Å². The molecule has 0 spiro atoms. The highest BCUT2D eigenvalue weighted by Crippen LogP contribution is 2.23. The smallest absolute Gasteiger partial charge is 0.258 e. The normalized spacial score (nSPS) is 9.31. The van der Waals surface area contributed by atoms with Crippen molar-refractivity contribution in [3.63, 3.8) is 0 Å². The van der Waals surface area contributed by atoms with E-state index in [2.05, 4.69) is 10.3 Å². The number of anilines is 1. The minimum absolute atomic E-state index is 0.0671. The summed E-state index contributed by atoms with van der Waals surface area (Å²) in [5.74, 6) is -0.0671. The maximum Gasteiger partial charge on any atom is 0.313 e. The van der Waals surface area contributed by atoms with E-state index in [9.17, 15) is 15.0 Å². The number of nitroso groups, excluding NO2 is 1. The van der Waals surface area contributed by atoms with E-state index >= 15 is 0 Å². The Morgan fingerprint density at radius 1 is 1.69 bits per heavy atom. The lowest BCUT2D eigenvalue weighted by Gasteiger charge is -2.06. The third kappa shape index (κ3) is 1.75. The van der Waals surface area contributed by atoms with Crippen LogP contribution in [0.2, 0.25) is 0 Å². The SMILES string of the molecule is CN(N=O)c1ncccc1[N+](=O)[O-]. The first-order valence-electron chi connectivity index (χ1n) is 3.33. The van der Waals surface area contributed by atoms with Gasteiger partial charge in [-0.25, -0.2) is 9.99 Å². The topological polar surface area (TPSA) is 88.7 Å². The average Bonchev–Trinajstić information content (AvgIpc) is 2.16. The number of rotatable bonds is 3. The van der Waals surface area contributed by atoms with Crippen LogP contribution in [-0.2, 0) is 0 Å². The van der Waals surface area contributed by atoms with Crippen LogP contribution in [0.5, 0.6) is 0 Å². The molecule has 0 amide bonds. The van der Waals surface area contributed by atoms with Crippen LogP contribution in [0.4, 0.5) is 11.5 Å². The van der Waals surface area contributed by atoms with Gasteiger partial charge >= 0.3 is 5.69 Å².